The lowest BCUT2D eigenvalue weighted by atomic mass is 9.94. The molecule has 1 N–H and O–H groups in total. The van der Waals surface area contributed by atoms with Crippen molar-refractivity contribution in [2.45, 2.75) is 43.8 Å². The monoisotopic (exact) mass is 347 g/mol. The van der Waals surface area contributed by atoms with Gasteiger partial charge in [-0.15, -0.1) is 5.10 Å². The number of fused-ring (bicyclic) bond motifs is 2. The minimum Gasteiger partial charge on any atom is -0.375 e. The van der Waals surface area contributed by atoms with Crippen LogP contribution < -0.4 is 0 Å². The number of benzene rings is 1. The van der Waals surface area contributed by atoms with Crippen molar-refractivity contribution >= 4 is 0 Å². The van der Waals surface area contributed by atoms with Gasteiger partial charge in [0.15, 0.2) is 5.82 Å². The summed E-state index contributed by atoms with van der Waals surface area (Å²) < 4.78 is 7.82. The Morgan fingerprint density at radius 1 is 1.23 bits per heavy atom. The maximum atomic E-state index is 9.23. The number of rotatable bonds is 3. The Balaban J connectivity index is 1.61. The molecule has 0 saturated carbocycles. The first-order valence-corrected chi connectivity index (χ1v) is 8.79. The molecule has 0 amide bonds. The molecular formula is C18H17N7O. The number of H-pyrrole nitrogens is 1. The lowest BCUT2D eigenvalue weighted by molar-refractivity contribution is -0.00536. The predicted molar refractivity (Wildman–Crippen MR) is 91.3 cm³/mol. The van der Waals surface area contributed by atoms with Crippen molar-refractivity contribution in [1.82, 2.24) is 29.9 Å². The zero-order valence-electron chi connectivity index (χ0n) is 14.0. The molecule has 1 aromatic carbocycles. The predicted octanol–water partition coefficient (Wildman–Crippen LogP) is 2.35. The fourth-order valence-corrected chi connectivity index (χ4v) is 3.97. The van der Waals surface area contributed by atoms with Crippen LogP contribution in [0.25, 0.3) is 17.3 Å². The fourth-order valence-electron chi connectivity index (χ4n) is 3.97. The van der Waals surface area contributed by atoms with E-state index in [0.29, 0.717) is 29.4 Å². The van der Waals surface area contributed by atoms with Crippen LogP contribution in [0.3, 0.4) is 0 Å². The van der Waals surface area contributed by atoms with Gasteiger partial charge in [-0.3, -0.25) is 5.10 Å². The van der Waals surface area contributed by atoms with Gasteiger partial charge in [-0.2, -0.15) is 10.4 Å². The lowest BCUT2D eigenvalue weighted by Crippen LogP contribution is -2.25. The van der Waals surface area contributed by atoms with E-state index in [1.54, 1.807) is 6.07 Å². The summed E-state index contributed by atoms with van der Waals surface area (Å²) in [6.45, 7) is 0. The first-order valence-electron chi connectivity index (χ1n) is 8.79. The van der Waals surface area contributed by atoms with E-state index in [1.807, 2.05) is 22.9 Å². The Kier molecular flexibility index (Phi) is 3.53. The van der Waals surface area contributed by atoms with Crippen molar-refractivity contribution in [2.75, 3.05) is 0 Å². The van der Waals surface area contributed by atoms with Crippen LogP contribution in [-0.2, 0) is 4.74 Å². The summed E-state index contributed by atoms with van der Waals surface area (Å²) in [5.74, 6) is 2.22. The van der Waals surface area contributed by atoms with Gasteiger partial charge in [-0.1, -0.05) is 6.07 Å². The molecule has 2 aliphatic rings. The molecule has 3 atom stereocenters. The van der Waals surface area contributed by atoms with Crippen LogP contribution in [0.2, 0.25) is 0 Å². The SMILES string of the molecule is N#Cc1cccc(-n2nc(-c3ncn[nH]3)nc2C2C[C@H]3CC[C@@H](C2)O3)c1. The topological polar surface area (TPSA) is 105 Å². The molecule has 0 spiro atoms. The summed E-state index contributed by atoms with van der Waals surface area (Å²) in [6.07, 6.45) is 6.20. The molecule has 1 unspecified atom stereocenters. The van der Waals surface area contributed by atoms with Crippen molar-refractivity contribution in [3.05, 3.63) is 42.0 Å². The largest absolute Gasteiger partial charge is 0.375 e. The summed E-state index contributed by atoms with van der Waals surface area (Å²) in [4.78, 5) is 8.96. The Hall–Kier alpha value is -3.05. The molecule has 2 fully saturated rings. The third-order valence-corrected chi connectivity index (χ3v) is 5.13. The van der Waals surface area contributed by atoms with Gasteiger partial charge in [0.2, 0.25) is 5.82 Å². The van der Waals surface area contributed by atoms with Gasteiger partial charge in [-0.25, -0.2) is 14.6 Å². The molecule has 3 aromatic rings. The van der Waals surface area contributed by atoms with Gasteiger partial charge >= 0.3 is 0 Å². The van der Waals surface area contributed by atoms with Crippen molar-refractivity contribution in [2.24, 2.45) is 0 Å². The molecule has 26 heavy (non-hydrogen) atoms. The Bertz CT molecular complexity index is 960. The molecule has 0 radical (unpaired) electrons. The van der Waals surface area contributed by atoms with E-state index >= 15 is 0 Å². The molecule has 2 aliphatic heterocycles. The number of hydrogen-bond donors (Lipinski definition) is 1. The van der Waals surface area contributed by atoms with Crippen molar-refractivity contribution in [3.63, 3.8) is 0 Å². The van der Waals surface area contributed by atoms with E-state index < -0.39 is 0 Å². The average Bonchev–Trinajstić information content (AvgIpc) is 3.41. The Morgan fingerprint density at radius 3 is 2.81 bits per heavy atom. The third-order valence-electron chi connectivity index (χ3n) is 5.13. The smallest absolute Gasteiger partial charge is 0.219 e. The quantitative estimate of drug-likeness (QED) is 0.779. The van der Waals surface area contributed by atoms with E-state index in [0.717, 1.165) is 37.2 Å². The van der Waals surface area contributed by atoms with Gasteiger partial charge in [-0.05, 0) is 43.9 Å². The molecule has 8 nitrogen and oxygen atoms in total. The number of ether oxygens (including phenoxy) is 1. The molecular weight excluding hydrogens is 330 g/mol. The summed E-state index contributed by atoms with van der Waals surface area (Å²) in [5, 5.41) is 20.6. The zero-order valence-corrected chi connectivity index (χ0v) is 14.0. The molecule has 130 valence electrons. The highest BCUT2D eigenvalue weighted by molar-refractivity contribution is 5.46. The number of hydrogen-bond acceptors (Lipinski definition) is 6. The van der Waals surface area contributed by atoms with Crippen molar-refractivity contribution < 1.29 is 4.74 Å². The summed E-state index contributed by atoms with van der Waals surface area (Å²) in [6, 6.07) is 9.60. The second-order valence-electron chi connectivity index (χ2n) is 6.83. The molecule has 2 bridgehead atoms. The summed E-state index contributed by atoms with van der Waals surface area (Å²) >= 11 is 0. The minimum absolute atomic E-state index is 0.274. The highest BCUT2D eigenvalue weighted by atomic mass is 16.5. The van der Waals surface area contributed by atoms with Crippen LogP contribution >= 0.6 is 0 Å². The van der Waals surface area contributed by atoms with Crippen molar-refractivity contribution in [1.29, 1.82) is 5.26 Å². The van der Waals surface area contributed by atoms with Gasteiger partial charge in [0.25, 0.3) is 0 Å². The Labute approximate surface area is 149 Å². The standard InChI is InChI=1S/C18H17N7O/c19-9-11-2-1-3-13(6-11)25-18(12-7-14-4-5-15(8-12)26-14)22-17(24-25)16-20-10-21-23-16/h1-3,6,10,12,14-15H,4-5,7-8H2,(H,20,21,23)/t12?,14-,15+. The minimum atomic E-state index is 0.274. The number of nitrogens with zero attached hydrogens (tertiary/aromatic N) is 6. The molecule has 5 rings (SSSR count). The van der Waals surface area contributed by atoms with Gasteiger partial charge in [0, 0.05) is 5.92 Å². The molecule has 2 saturated heterocycles. The summed E-state index contributed by atoms with van der Waals surface area (Å²) in [7, 11) is 0. The highest BCUT2D eigenvalue weighted by Gasteiger charge is 2.38. The molecule has 0 aliphatic carbocycles. The fraction of sp³-hybridized carbons (Fsp3) is 0.389. The van der Waals surface area contributed by atoms with Crippen LogP contribution in [0.15, 0.2) is 30.6 Å². The van der Waals surface area contributed by atoms with Crippen LogP contribution in [0, 0.1) is 11.3 Å². The van der Waals surface area contributed by atoms with Crippen LogP contribution in [0.4, 0.5) is 0 Å². The number of aromatic nitrogens is 6. The number of nitrogens with one attached hydrogen (secondary N) is 1. The van der Waals surface area contributed by atoms with Gasteiger partial charge in [0.05, 0.1) is 29.5 Å². The zero-order chi connectivity index (χ0) is 17.5. The number of aromatic amines is 1. The maximum Gasteiger partial charge on any atom is 0.219 e. The lowest BCUT2D eigenvalue weighted by Gasteiger charge is -2.27. The van der Waals surface area contributed by atoms with Gasteiger partial charge < -0.3 is 4.74 Å². The molecule has 4 heterocycles. The van der Waals surface area contributed by atoms with E-state index in [4.69, 9.17) is 9.72 Å². The van der Waals surface area contributed by atoms with E-state index in [-0.39, 0.29) is 5.92 Å². The second-order valence-corrected chi connectivity index (χ2v) is 6.83. The number of nitriles is 1. The normalized spacial score (nSPS) is 24.5. The summed E-state index contributed by atoms with van der Waals surface area (Å²) in [5.41, 5.74) is 1.42. The maximum absolute atomic E-state index is 9.23. The van der Waals surface area contributed by atoms with E-state index in [2.05, 4.69) is 26.3 Å². The van der Waals surface area contributed by atoms with Crippen LogP contribution in [-0.4, -0.2) is 42.2 Å². The molecule has 2 aromatic heterocycles. The van der Waals surface area contributed by atoms with Crippen LogP contribution in [0.5, 0.6) is 0 Å². The first-order chi connectivity index (χ1) is 12.8. The first kappa shape index (κ1) is 15.2. The van der Waals surface area contributed by atoms with E-state index in [1.165, 1.54) is 6.33 Å². The van der Waals surface area contributed by atoms with Crippen molar-refractivity contribution in [3.8, 4) is 23.4 Å². The van der Waals surface area contributed by atoms with Crippen LogP contribution in [0.1, 0.15) is 43.0 Å². The highest BCUT2D eigenvalue weighted by Crippen LogP contribution is 2.41. The Morgan fingerprint density at radius 2 is 2.08 bits per heavy atom. The third kappa shape index (κ3) is 2.57. The molecule has 8 heteroatoms. The average molecular weight is 347 g/mol. The van der Waals surface area contributed by atoms with E-state index in [9.17, 15) is 5.26 Å². The van der Waals surface area contributed by atoms with Gasteiger partial charge in [0.1, 0.15) is 12.2 Å². The second kappa shape index (κ2) is 6.04.